The third kappa shape index (κ3) is 22.7. The number of imide groups is 1. The van der Waals surface area contributed by atoms with Crippen LogP contribution in [0.3, 0.4) is 0 Å². The number of carboxylic acid groups (broad SMARTS) is 1. The number of rotatable bonds is 23. The highest BCUT2D eigenvalue weighted by Gasteiger charge is 2.40. The molecular formula is C82H84F3N9O11. The Hall–Kier alpha value is -12.0. The summed E-state index contributed by atoms with van der Waals surface area (Å²) >= 11 is 0. The number of amides is 3. The molecule has 0 bridgehead atoms. The molecule has 0 spiro atoms. The molecule has 5 heterocycles. The van der Waals surface area contributed by atoms with Crippen molar-refractivity contribution in [2.75, 3.05) is 16.0 Å². The summed E-state index contributed by atoms with van der Waals surface area (Å²) in [5.41, 5.74) is 10.3. The Morgan fingerprint density at radius 1 is 0.552 bits per heavy atom. The third-order valence-electron chi connectivity index (χ3n) is 17.1. The van der Waals surface area contributed by atoms with E-state index in [0.29, 0.717) is 81.5 Å². The van der Waals surface area contributed by atoms with Gasteiger partial charge in [0.05, 0.1) is 74.5 Å². The lowest BCUT2D eigenvalue weighted by molar-refractivity contribution is -0.153. The molecule has 2 aliphatic rings. The number of nitrogens with two attached hydrogens (primary N) is 1. The summed E-state index contributed by atoms with van der Waals surface area (Å²) < 4.78 is 46.6. The number of nitrogen functional groups attached to an aromatic ring is 1. The summed E-state index contributed by atoms with van der Waals surface area (Å²) in [5.74, 6) is -6.46. The van der Waals surface area contributed by atoms with Crippen molar-refractivity contribution in [3.8, 4) is 0 Å². The number of aromatic amines is 3. The number of nitrogens with zero attached hydrogens (tertiary/aromatic N) is 4. The van der Waals surface area contributed by atoms with Crippen LogP contribution in [-0.2, 0) is 52.8 Å². The van der Waals surface area contributed by atoms with Crippen LogP contribution in [0.15, 0.2) is 209 Å². The molecule has 2 fully saturated rings. The molecule has 544 valence electrons. The lowest BCUT2D eigenvalue weighted by atomic mass is 10.00. The van der Waals surface area contributed by atoms with Crippen LogP contribution in [0, 0.1) is 42.1 Å². The molecular weight excluding hydrogens is 1340 g/mol. The zero-order valence-electron chi connectivity index (χ0n) is 58.8. The minimum Gasteiger partial charge on any atom is -0.481 e. The highest BCUT2D eigenvalue weighted by Crippen LogP contribution is 2.33. The zero-order valence-corrected chi connectivity index (χ0v) is 58.8. The molecule has 2 saturated heterocycles. The van der Waals surface area contributed by atoms with Crippen molar-refractivity contribution >= 4 is 85.0 Å². The first-order valence-electron chi connectivity index (χ1n) is 34.8. The summed E-state index contributed by atoms with van der Waals surface area (Å²) in [4.78, 5) is 108. The Bertz CT molecular complexity index is 5000. The number of aromatic nitrogens is 6. The van der Waals surface area contributed by atoms with Crippen molar-refractivity contribution in [3.63, 3.8) is 0 Å². The molecule has 3 unspecified atom stereocenters. The topological polar surface area (TPSA) is 310 Å². The first kappa shape index (κ1) is 78.7. The van der Waals surface area contributed by atoms with Gasteiger partial charge >= 0.3 is 17.9 Å². The highest BCUT2D eigenvalue weighted by atomic mass is 19.1. The molecule has 23 heteroatoms. The maximum Gasteiger partial charge on any atom is 0.317 e. The van der Waals surface area contributed by atoms with Gasteiger partial charge in [0.15, 0.2) is 0 Å². The normalized spacial score (nSPS) is 14.3. The first-order chi connectivity index (χ1) is 50.7. The molecule has 0 saturated carbocycles. The van der Waals surface area contributed by atoms with Crippen molar-refractivity contribution < 1.29 is 51.8 Å². The Kier molecular flexibility index (Phi) is 29.6. The third-order valence-corrected chi connectivity index (χ3v) is 17.1. The molecule has 0 radical (unpaired) electrons. The molecule has 7 aromatic carbocycles. The van der Waals surface area contributed by atoms with Gasteiger partial charge in [-0.15, -0.1) is 0 Å². The zero-order chi connectivity index (χ0) is 75.4. The Morgan fingerprint density at radius 3 is 1.44 bits per heavy atom. The van der Waals surface area contributed by atoms with Crippen LogP contribution in [0.1, 0.15) is 137 Å². The number of H-pyrrole nitrogens is 3. The van der Waals surface area contributed by atoms with Gasteiger partial charge in [-0.2, -0.15) is 15.3 Å². The van der Waals surface area contributed by atoms with Gasteiger partial charge in [-0.3, -0.25) is 43.2 Å². The molecule has 0 aliphatic carbocycles. The van der Waals surface area contributed by atoms with E-state index < -0.39 is 47.1 Å². The lowest BCUT2D eigenvalue weighted by Gasteiger charge is -2.17. The number of hydrogen-bond acceptors (Lipinski definition) is 14. The minimum absolute atomic E-state index is 0.0307. The SMILES string of the molecule is CCC/C=C/CC(CC(=O)Nc1cc(Cc2n[nH]c(=O)c3ccccc23)ccc1F)C(=O)O.CCC/C=C/CC1CC(=O)N(c2cc(Cc3n[nH]c(=O)c4ccccc34)ccc2F)C1=O.CCC/C=C/CC1CC(=O)OC1=O.Cc1ccccc1.Nc1cc(Cc2n[nH]c(=O)c3ccccc23)ccc1F. The van der Waals surface area contributed by atoms with Crippen LogP contribution in [-0.4, -0.2) is 71.3 Å². The van der Waals surface area contributed by atoms with Crippen LogP contribution in [0.4, 0.5) is 30.2 Å². The fourth-order valence-corrected chi connectivity index (χ4v) is 11.5. The number of nitrogens with one attached hydrogen (secondary N) is 4. The number of aliphatic carboxylic acids is 1. The second kappa shape index (κ2) is 39.4. The molecule has 20 nitrogen and oxygen atoms in total. The maximum atomic E-state index is 14.7. The number of carbonyl (C=O) groups excluding carboxylic acids is 5. The average molecular weight is 1430 g/mol. The van der Waals surface area contributed by atoms with Gasteiger partial charge in [0.1, 0.15) is 17.5 Å². The number of anilines is 3. The summed E-state index contributed by atoms with van der Waals surface area (Å²) in [6.07, 6.45) is 19.9. The van der Waals surface area contributed by atoms with Gasteiger partial charge in [-0.05, 0) is 117 Å². The number of fused-ring (bicyclic) bond motifs is 3. The van der Waals surface area contributed by atoms with Gasteiger partial charge < -0.3 is 20.9 Å². The number of unbranched alkanes of at least 4 members (excludes halogenated alkanes) is 3. The van der Waals surface area contributed by atoms with Gasteiger partial charge in [0.25, 0.3) is 16.7 Å². The second-order valence-corrected chi connectivity index (χ2v) is 25.2. The van der Waals surface area contributed by atoms with Crippen LogP contribution < -0.4 is 32.6 Å². The van der Waals surface area contributed by atoms with Gasteiger partial charge in [0.2, 0.25) is 17.7 Å². The summed E-state index contributed by atoms with van der Waals surface area (Å²) in [6.45, 7) is 8.26. The smallest absolute Gasteiger partial charge is 0.317 e. The fraction of sp³-hybridized carbons (Fsp3) is 0.268. The van der Waals surface area contributed by atoms with E-state index in [0.717, 1.165) is 60.1 Å². The number of benzene rings is 7. The largest absolute Gasteiger partial charge is 0.481 e. The maximum absolute atomic E-state index is 14.7. The van der Waals surface area contributed by atoms with Crippen LogP contribution in [0.2, 0.25) is 0 Å². The van der Waals surface area contributed by atoms with E-state index in [-0.39, 0.29) is 83.2 Å². The number of cyclic esters (lactones) is 2. The standard InChI is InChI=1S/C25H26FN3O4.C25H24FN3O3.C15H12FN3O.C10H14O3.C7H8/c1-2-3-4-5-8-17(25(32)33)15-23(30)27-22-14-16(11-12-20(22)26)13-21-18-9-6-7-10-19(18)24(31)29-28-21;1-2-3-4-5-8-17-15-23(30)29(25(17)32)22-14-16(11-12-20(22)26)13-21-18-9-6-7-10-19(18)24(31)28-27-21;16-12-6-5-9(7-13(12)17)8-14-10-3-1-2-4-11(10)15(20)19-18-14;1-2-3-4-5-6-8-7-9(11)13-10(8)12;1-7-5-3-2-4-6-7/h4-7,9-12,14,17H,2-3,8,13,15H2,1H3,(H,27,30)(H,29,31)(H,32,33);4-7,9-12,14,17H,2-3,8,13,15H2,1H3,(H,28,31);1-7H,8,17H2,(H,19,20);4-5,8H,2-3,6-7H2,1H3;2-6H,1H3/b2*5-4+;;5-4+;. The van der Waals surface area contributed by atoms with Crippen LogP contribution in [0.25, 0.3) is 32.3 Å². The molecule has 2 aliphatic heterocycles. The van der Waals surface area contributed by atoms with E-state index in [1.54, 1.807) is 78.9 Å². The summed E-state index contributed by atoms with van der Waals surface area (Å²) in [5, 5.41) is 35.5. The molecule has 3 amide bonds. The monoisotopic (exact) mass is 1430 g/mol. The van der Waals surface area contributed by atoms with Crippen LogP contribution >= 0.6 is 0 Å². The number of hydrogen-bond donors (Lipinski definition) is 6. The van der Waals surface area contributed by atoms with E-state index in [9.17, 15) is 61.4 Å². The number of carbonyl (C=O) groups is 6. The number of aryl methyl sites for hydroxylation is 1. The average Bonchev–Trinajstić information content (AvgIpc) is 1.76. The van der Waals surface area contributed by atoms with E-state index >= 15 is 0 Å². The van der Waals surface area contributed by atoms with Gasteiger partial charge in [-0.1, -0.05) is 185 Å². The first-order valence-corrected chi connectivity index (χ1v) is 34.8. The molecule has 10 aromatic rings. The molecule has 3 aromatic heterocycles. The van der Waals surface area contributed by atoms with Gasteiger partial charge in [0, 0.05) is 48.3 Å². The van der Waals surface area contributed by atoms with Crippen molar-refractivity contribution in [2.45, 2.75) is 124 Å². The Balaban J connectivity index is 0.000000179. The minimum atomic E-state index is -1.07. The Labute approximate surface area is 604 Å². The predicted octanol–water partition coefficient (Wildman–Crippen LogP) is 14.8. The molecule has 7 N–H and O–H groups in total. The van der Waals surface area contributed by atoms with E-state index in [1.807, 2.05) is 79.8 Å². The van der Waals surface area contributed by atoms with Gasteiger partial charge in [-0.25, -0.2) is 33.4 Å². The fourth-order valence-electron chi connectivity index (χ4n) is 11.5. The number of carboxylic acids is 1. The lowest BCUT2D eigenvalue weighted by Crippen LogP contribution is -2.31. The summed E-state index contributed by atoms with van der Waals surface area (Å²) in [6, 6.07) is 44.9. The number of halogens is 3. The quantitative estimate of drug-likeness (QED) is 0.0114. The van der Waals surface area contributed by atoms with Crippen LogP contribution in [0.5, 0.6) is 0 Å². The van der Waals surface area contributed by atoms with E-state index in [1.165, 1.54) is 35.9 Å². The second-order valence-electron chi connectivity index (χ2n) is 25.2. The highest BCUT2D eigenvalue weighted by molar-refractivity contribution is 6.21. The molecule has 105 heavy (non-hydrogen) atoms. The molecule has 3 atom stereocenters. The molecule has 12 rings (SSSR count). The Morgan fingerprint density at radius 2 is 0.990 bits per heavy atom. The predicted molar refractivity (Wildman–Crippen MR) is 400 cm³/mol. The van der Waals surface area contributed by atoms with Crippen molar-refractivity contribution in [1.82, 2.24) is 30.6 Å². The number of ether oxygens (including phenoxy) is 1. The number of esters is 2. The summed E-state index contributed by atoms with van der Waals surface area (Å²) in [7, 11) is 0. The van der Waals surface area contributed by atoms with Crippen molar-refractivity contribution in [1.29, 1.82) is 0 Å². The van der Waals surface area contributed by atoms with Crippen molar-refractivity contribution in [3.05, 3.63) is 282 Å². The number of allylic oxidation sites excluding steroid dienone is 6. The van der Waals surface area contributed by atoms with E-state index in [4.69, 9.17) is 5.73 Å². The van der Waals surface area contributed by atoms with E-state index in [2.05, 4.69) is 73.5 Å². The van der Waals surface area contributed by atoms with Crippen molar-refractivity contribution in [2.24, 2.45) is 17.8 Å².